The summed E-state index contributed by atoms with van der Waals surface area (Å²) in [4.78, 5) is 9.53. The Bertz CT molecular complexity index is 450. The average Bonchev–Trinajstić information content (AvgIpc) is 2.76. The lowest BCUT2D eigenvalue weighted by atomic mass is 10.3. The predicted octanol–water partition coefficient (Wildman–Crippen LogP) is 1.11. The fourth-order valence-corrected chi connectivity index (χ4v) is 2.96. The predicted molar refractivity (Wildman–Crippen MR) is 66.0 cm³/mol. The maximum atomic E-state index is 4.65. The molecule has 5 heteroatoms. The number of nitrogens with one attached hydrogen (secondary N) is 1. The third kappa shape index (κ3) is 1.98. The molecule has 3 rings (SSSR count). The highest BCUT2D eigenvalue weighted by Gasteiger charge is 2.12. The van der Waals surface area contributed by atoms with Gasteiger partial charge in [0.15, 0.2) is 4.96 Å². The first-order valence-corrected chi connectivity index (χ1v) is 6.50. The van der Waals surface area contributed by atoms with Gasteiger partial charge in [-0.2, -0.15) is 0 Å². The van der Waals surface area contributed by atoms with E-state index in [1.165, 1.54) is 10.6 Å². The van der Waals surface area contributed by atoms with Crippen molar-refractivity contribution in [3.63, 3.8) is 0 Å². The molecule has 0 amide bonds. The summed E-state index contributed by atoms with van der Waals surface area (Å²) in [6, 6.07) is 0. The van der Waals surface area contributed by atoms with Crippen LogP contribution in [-0.2, 0) is 6.54 Å². The van der Waals surface area contributed by atoms with Crippen molar-refractivity contribution >= 4 is 16.3 Å². The maximum Gasteiger partial charge on any atom is 0.194 e. The summed E-state index contributed by atoms with van der Waals surface area (Å²) in [5, 5.41) is 3.36. The van der Waals surface area contributed by atoms with Crippen LogP contribution in [0.1, 0.15) is 10.6 Å². The fraction of sp³-hybridized carbons (Fsp3) is 0.545. The van der Waals surface area contributed by atoms with Crippen LogP contribution in [0.25, 0.3) is 4.96 Å². The molecule has 0 spiro atoms. The van der Waals surface area contributed by atoms with Gasteiger partial charge in [-0.3, -0.25) is 9.30 Å². The summed E-state index contributed by atoms with van der Waals surface area (Å²) in [5.74, 6) is 0. The highest BCUT2D eigenvalue weighted by atomic mass is 32.1. The Balaban J connectivity index is 1.75. The largest absolute Gasteiger partial charge is 0.314 e. The Hall–Kier alpha value is -0.910. The van der Waals surface area contributed by atoms with Gasteiger partial charge in [-0.05, 0) is 6.92 Å². The summed E-state index contributed by atoms with van der Waals surface area (Å²) in [5.41, 5.74) is 1.19. The van der Waals surface area contributed by atoms with E-state index < -0.39 is 0 Å². The molecule has 1 aliphatic rings. The molecule has 1 saturated heterocycles. The zero-order valence-corrected chi connectivity index (χ0v) is 10.3. The number of fused-ring (bicyclic) bond motifs is 1. The number of aryl methyl sites for hydroxylation is 1. The Morgan fingerprint density at radius 2 is 2.19 bits per heavy atom. The first-order chi connectivity index (χ1) is 7.81. The van der Waals surface area contributed by atoms with E-state index in [1.54, 1.807) is 11.3 Å². The van der Waals surface area contributed by atoms with Crippen LogP contribution >= 0.6 is 11.3 Å². The van der Waals surface area contributed by atoms with Crippen LogP contribution in [0.4, 0.5) is 0 Å². The van der Waals surface area contributed by atoms with E-state index in [9.17, 15) is 0 Å². The van der Waals surface area contributed by atoms with Gasteiger partial charge >= 0.3 is 0 Å². The second kappa shape index (κ2) is 4.16. The highest BCUT2D eigenvalue weighted by Crippen LogP contribution is 2.17. The van der Waals surface area contributed by atoms with Gasteiger partial charge < -0.3 is 5.32 Å². The molecule has 2 aromatic rings. The molecule has 86 valence electrons. The lowest BCUT2D eigenvalue weighted by Crippen LogP contribution is -2.42. The van der Waals surface area contributed by atoms with Crippen molar-refractivity contribution < 1.29 is 0 Å². The zero-order valence-electron chi connectivity index (χ0n) is 9.44. The van der Waals surface area contributed by atoms with Gasteiger partial charge in [0.2, 0.25) is 0 Å². The monoisotopic (exact) mass is 236 g/mol. The SMILES string of the molecule is Cc1cn2cc(CN3CCNCC3)nc2s1. The Kier molecular flexibility index (Phi) is 2.67. The number of aromatic nitrogens is 2. The Labute approximate surface area is 98.9 Å². The first-order valence-electron chi connectivity index (χ1n) is 5.68. The summed E-state index contributed by atoms with van der Waals surface area (Å²) in [7, 11) is 0. The fourth-order valence-electron chi connectivity index (χ4n) is 2.13. The molecule has 0 atom stereocenters. The Morgan fingerprint density at radius 1 is 1.38 bits per heavy atom. The number of imidazole rings is 1. The minimum absolute atomic E-state index is 0.981. The number of rotatable bonds is 2. The molecular weight excluding hydrogens is 220 g/mol. The topological polar surface area (TPSA) is 32.6 Å². The van der Waals surface area contributed by atoms with Crippen molar-refractivity contribution in [2.75, 3.05) is 26.2 Å². The average molecular weight is 236 g/mol. The van der Waals surface area contributed by atoms with Gasteiger partial charge in [-0.15, -0.1) is 11.3 Å². The number of hydrogen-bond donors (Lipinski definition) is 1. The first kappa shape index (κ1) is 10.3. The van der Waals surface area contributed by atoms with Crippen LogP contribution in [-0.4, -0.2) is 40.5 Å². The Morgan fingerprint density at radius 3 is 2.94 bits per heavy atom. The molecule has 0 aromatic carbocycles. The van der Waals surface area contributed by atoms with Crippen molar-refractivity contribution in [3.8, 4) is 0 Å². The van der Waals surface area contributed by atoms with Gasteiger partial charge in [-0.25, -0.2) is 4.98 Å². The lowest BCUT2D eigenvalue weighted by molar-refractivity contribution is 0.231. The minimum atomic E-state index is 0.981. The number of thiazole rings is 1. The standard InChI is InChI=1S/C11H16N4S/c1-9-6-15-8-10(13-11(15)16-9)7-14-4-2-12-3-5-14/h6,8,12H,2-5,7H2,1H3. The van der Waals surface area contributed by atoms with Crippen LogP contribution in [0, 0.1) is 6.92 Å². The van der Waals surface area contributed by atoms with Gasteiger partial charge in [0.05, 0.1) is 5.69 Å². The summed E-state index contributed by atoms with van der Waals surface area (Å²) < 4.78 is 2.14. The molecule has 1 fully saturated rings. The van der Waals surface area contributed by atoms with Crippen LogP contribution < -0.4 is 5.32 Å². The van der Waals surface area contributed by atoms with E-state index in [0.717, 1.165) is 37.7 Å². The van der Waals surface area contributed by atoms with Crippen LogP contribution in [0.5, 0.6) is 0 Å². The molecular formula is C11H16N4S. The van der Waals surface area contributed by atoms with Crippen molar-refractivity contribution in [1.82, 2.24) is 19.6 Å². The second-order valence-corrected chi connectivity index (χ2v) is 5.50. The van der Waals surface area contributed by atoms with Crippen molar-refractivity contribution in [1.29, 1.82) is 0 Å². The molecule has 0 aliphatic carbocycles. The van der Waals surface area contributed by atoms with Crippen molar-refractivity contribution in [2.45, 2.75) is 13.5 Å². The molecule has 0 unspecified atom stereocenters. The van der Waals surface area contributed by atoms with E-state index >= 15 is 0 Å². The number of nitrogens with zero attached hydrogens (tertiary/aromatic N) is 3. The quantitative estimate of drug-likeness (QED) is 0.848. The van der Waals surface area contributed by atoms with E-state index in [-0.39, 0.29) is 0 Å². The number of hydrogen-bond acceptors (Lipinski definition) is 4. The molecule has 1 N–H and O–H groups in total. The van der Waals surface area contributed by atoms with Crippen LogP contribution in [0.15, 0.2) is 12.4 Å². The highest BCUT2D eigenvalue weighted by molar-refractivity contribution is 7.16. The van der Waals surface area contributed by atoms with Crippen LogP contribution in [0.2, 0.25) is 0 Å². The summed E-state index contributed by atoms with van der Waals surface area (Å²) in [6.07, 6.45) is 4.30. The third-order valence-corrected chi connectivity index (χ3v) is 3.83. The molecule has 4 nitrogen and oxygen atoms in total. The van der Waals surface area contributed by atoms with Gasteiger partial charge in [0.25, 0.3) is 0 Å². The zero-order chi connectivity index (χ0) is 11.0. The molecule has 16 heavy (non-hydrogen) atoms. The second-order valence-electron chi connectivity index (χ2n) is 4.29. The summed E-state index contributed by atoms with van der Waals surface area (Å²) >= 11 is 1.76. The van der Waals surface area contributed by atoms with E-state index in [1.807, 2.05) is 0 Å². The third-order valence-electron chi connectivity index (χ3n) is 2.92. The van der Waals surface area contributed by atoms with E-state index in [0.29, 0.717) is 0 Å². The van der Waals surface area contributed by atoms with E-state index in [2.05, 4.69) is 38.9 Å². The maximum absolute atomic E-state index is 4.65. The van der Waals surface area contributed by atoms with Gasteiger partial charge in [0, 0.05) is 50.0 Å². The molecule has 2 aromatic heterocycles. The van der Waals surface area contributed by atoms with Crippen molar-refractivity contribution in [2.24, 2.45) is 0 Å². The van der Waals surface area contributed by atoms with E-state index in [4.69, 9.17) is 0 Å². The van der Waals surface area contributed by atoms with Gasteiger partial charge in [-0.1, -0.05) is 0 Å². The number of piperazine rings is 1. The van der Waals surface area contributed by atoms with Gasteiger partial charge in [0.1, 0.15) is 0 Å². The molecule has 3 heterocycles. The lowest BCUT2D eigenvalue weighted by Gasteiger charge is -2.26. The minimum Gasteiger partial charge on any atom is -0.314 e. The van der Waals surface area contributed by atoms with Crippen LogP contribution in [0.3, 0.4) is 0 Å². The molecule has 0 radical (unpaired) electrons. The normalized spacial score (nSPS) is 18.3. The summed E-state index contributed by atoms with van der Waals surface area (Å²) in [6.45, 7) is 7.56. The smallest absolute Gasteiger partial charge is 0.194 e. The van der Waals surface area contributed by atoms with Crippen molar-refractivity contribution in [3.05, 3.63) is 23.0 Å². The molecule has 0 bridgehead atoms. The molecule has 1 aliphatic heterocycles. The molecule has 0 saturated carbocycles.